The summed E-state index contributed by atoms with van der Waals surface area (Å²) in [6.45, 7) is 2.83. The topological polar surface area (TPSA) is 164 Å². The number of carboxylic acid groups (broad SMARTS) is 3. The minimum absolute atomic E-state index is 0.252. The molecule has 0 aromatic carbocycles. The van der Waals surface area contributed by atoms with Gasteiger partial charge in [0.15, 0.2) is 5.92 Å². The molecule has 0 aromatic heterocycles. The van der Waals surface area contributed by atoms with Gasteiger partial charge in [-0.2, -0.15) is 0 Å². The lowest BCUT2D eigenvalue weighted by atomic mass is 10.00. The SMILES string of the molecule is CCCCCCCCCCCCCCC(C(=O)O)C(=O)O.NCCCC[C@H](N)C(=O)O. The van der Waals surface area contributed by atoms with Crippen LogP contribution in [0.25, 0.3) is 0 Å². The molecule has 0 amide bonds. The van der Waals surface area contributed by atoms with E-state index in [9.17, 15) is 14.4 Å². The first-order chi connectivity index (χ1) is 14.8. The lowest BCUT2D eigenvalue weighted by Crippen LogP contribution is -2.29. The van der Waals surface area contributed by atoms with E-state index in [1.54, 1.807) is 0 Å². The Bertz CT molecular complexity index is 445. The molecule has 31 heavy (non-hydrogen) atoms. The molecule has 0 heterocycles. The molecule has 8 nitrogen and oxygen atoms in total. The zero-order valence-electron chi connectivity index (χ0n) is 19.4. The van der Waals surface area contributed by atoms with Crippen LogP contribution in [-0.2, 0) is 14.4 Å². The zero-order valence-corrected chi connectivity index (χ0v) is 19.4. The minimum atomic E-state index is -1.23. The van der Waals surface area contributed by atoms with Gasteiger partial charge in [0.1, 0.15) is 6.04 Å². The van der Waals surface area contributed by atoms with Gasteiger partial charge in [-0.15, -0.1) is 0 Å². The highest BCUT2D eigenvalue weighted by Crippen LogP contribution is 2.15. The third-order valence-corrected chi connectivity index (χ3v) is 5.23. The number of rotatable bonds is 20. The summed E-state index contributed by atoms with van der Waals surface area (Å²) in [7, 11) is 0. The van der Waals surface area contributed by atoms with Crippen LogP contribution >= 0.6 is 0 Å². The number of unbranched alkanes of at least 4 members (excludes halogenated alkanes) is 12. The second kappa shape index (κ2) is 23.0. The quantitative estimate of drug-likeness (QED) is 0.136. The molecule has 0 spiro atoms. The van der Waals surface area contributed by atoms with E-state index < -0.39 is 29.9 Å². The molecule has 0 fully saturated rings. The van der Waals surface area contributed by atoms with Gasteiger partial charge < -0.3 is 26.8 Å². The average Bonchev–Trinajstić information content (AvgIpc) is 2.71. The van der Waals surface area contributed by atoms with E-state index in [1.807, 2.05) is 0 Å². The van der Waals surface area contributed by atoms with Gasteiger partial charge in [-0.05, 0) is 25.8 Å². The van der Waals surface area contributed by atoms with E-state index in [0.29, 0.717) is 19.4 Å². The molecule has 184 valence electrons. The van der Waals surface area contributed by atoms with Gasteiger partial charge in [0, 0.05) is 0 Å². The summed E-state index contributed by atoms with van der Waals surface area (Å²) >= 11 is 0. The van der Waals surface area contributed by atoms with Gasteiger partial charge in [-0.1, -0.05) is 90.4 Å². The van der Waals surface area contributed by atoms with Crippen LogP contribution in [0.2, 0.25) is 0 Å². The molecule has 0 saturated carbocycles. The molecule has 0 bridgehead atoms. The van der Waals surface area contributed by atoms with Crippen molar-refractivity contribution < 1.29 is 29.7 Å². The first kappa shape index (κ1) is 31.5. The van der Waals surface area contributed by atoms with Crippen molar-refractivity contribution in [2.75, 3.05) is 6.54 Å². The zero-order chi connectivity index (χ0) is 23.9. The van der Waals surface area contributed by atoms with Crippen molar-refractivity contribution in [3.8, 4) is 0 Å². The van der Waals surface area contributed by atoms with Crippen LogP contribution in [-0.4, -0.2) is 45.8 Å². The largest absolute Gasteiger partial charge is 0.481 e. The number of aliphatic carboxylic acids is 3. The van der Waals surface area contributed by atoms with Crippen LogP contribution in [0.4, 0.5) is 0 Å². The summed E-state index contributed by atoms with van der Waals surface area (Å²) in [4.78, 5) is 31.5. The molecule has 0 radical (unpaired) electrons. The van der Waals surface area contributed by atoms with Crippen LogP contribution < -0.4 is 11.5 Å². The first-order valence-corrected chi connectivity index (χ1v) is 11.9. The van der Waals surface area contributed by atoms with Crippen molar-refractivity contribution in [3.63, 3.8) is 0 Å². The normalized spacial score (nSPS) is 11.6. The molecular weight excluding hydrogens is 400 g/mol. The van der Waals surface area contributed by atoms with Gasteiger partial charge in [0.25, 0.3) is 0 Å². The van der Waals surface area contributed by atoms with Gasteiger partial charge in [0.05, 0.1) is 0 Å². The molecule has 7 N–H and O–H groups in total. The Balaban J connectivity index is 0. The van der Waals surface area contributed by atoms with E-state index in [-0.39, 0.29) is 6.42 Å². The van der Waals surface area contributed by atoms with Gasteiger partial charge >= 0.3 is 17.9 Å². The maximum atomic E-state index is 10.7. The summed E-state index contributed by atoms with van der Waals surface area (Å²) in [5.41, 5.74) is 10.4. The van der Waals surface area contributed by atoms with Crippen LogP contribution in [0.15, 0.2) is 0 Å². The summed E-state index contributed by atoms with van der Waals surface area (Å²) in [6, 6.07) is -0.716. The summed E-state index contributed by atoms with van der Waals surface area (Å²) in [5, 5.41) is 25.8. The van der Waals surface area contributed by atoms with E-state index in [4.69, 9.17) is 26.8 Å². The minimum Gasteiger partial charge on any atom is -0.481 e. The Hall–Kier alpha value is -1.67. The number of carboxylic acids is 3. The lowest BCUT2D eigenvalue weighted by Gasteiger charge is -2.06. The first-order valence-electron chi connectivity index (χ1n) is 11.9. The molecule has 1 atom stereocenters. The Morgan fingerprint density at radius 2 is 1.00 bits per heavy atom. The number of nitrogens with two attached hydrogens (primary N) is 2. The van der Waals surface area contributed by atoms with E-state index >= 15 is 0 Å². The van der Waals surface area contributed by atoms with Crippen LogP contribution in [0.5, 0.6) is 0 Å². The second-order valence-electron chi connectivity index (χ2n) is 8.14. The molecular formula is C23H46N2O6. The maximum absolute atomic E-state index is 10.7. The molecule has 0 rings (SSSR count). The van der Waals surface area contributed by atoms with Crippen molar-refractivity contribution in [2.45, 2.75) is 116 Å². The van der Waals surface area contributed by atoms with Crippen molar-refractivity contribution in [2.24, 2.45) is 17.4 Å². The predicted octanol–water partition coefficient (Wildman–Crippen LogP) is 4.39. The summed E-state index contributed by atoms with van der Waals surface area (Å²) in [6.07, 6.45) is 16.9. The van der Waals surface area contributed by atoms with Crippen LogP contribution in [0.3, 0.4) is 0 Å². The van der Waals surface area contributed by atoms with Crippen molar-refractivity contribution in [3.05, 3.63) is 0 Å². The number of hydrogen-bond acceptors (Lipinski definition) is 5. The van der Waals surface area contributed by atoms with Gasteiger partial charge in [-0.25, -0.2) is 0 Å². The smallest absolute Gasteiger partial charge is 0.320 e. The molecule has 0 aliphatic heterocycles. The molecule has 8 heteroatoms. The highest BCUT2D eigenvalue weighted by atomic mass is 16.4. The third kappa shape index (κ3) is 22.8. The fraction of sp³-hybridized carbons (Fsp3) is 0.870. The third-order valence-electron chi connectivity index (χ3n) is 5.23. The Morgan fingerprint density at radius 3 is 1.35 bits per heavy atom. The van der Waals surface area contributed by atoms with E-state index in [2.05, 4.69) is 6.92 Å². The number of hydrogen-bond donors (Lipinski definition) is 5. The van der Waals surface area contributed by atoms with Crippen molar-refractivity contribution in [1.29, 1.82) is 0 Å². The van der Waals surface area contributed by atoms with Crippen LogP contribution in [0.1, 0.15) is 110 Å². The predicted molar refractivity (Wildman–Crippen MR) is 123 cm³/mol. The monoisotopic (exact) mass is 446 g/mol. The fourth-order valence-electron chi connectivity index (χ4n) is 3.17. The molecule has 0 saturated heterocycles. The Kier molecular flexibility index (Phi) is 23.4. The molecule has 0 aliphatic carbocycles. The van der Waals surface area contributed by atoms with E-state index in [0.717, 1.165) is 25.7 Å². The van der Waals surface area contributed by atoms with Crippen molar-refractivity contribution in [1.82, 2.24) is 0 Å². The standard InChI is InChI=1S/C17H32O4.C6H14N2O2/c1-2-3-4-5-6-7-8-9-10-11-12-13-14-15(16(18)19)17(20)21;7-4-2-1-3-5(8)6(9)10/h15H,2-14H2,1H3,(H,18,19)(H,20,21);5H,1-4,7-8H2,(H,9,10)/t;5-/m.0/s1. The average molecular weight is 447 g/mol. The summed E-state index contributed by atoms with van der Waals surface area (Å²) < 4.78 is 0. The Morgan fingerprint density at radius 1 is 0.613 bits per heavy atom. The number of carbonyl (C=O) groups is 3. The van der Waals surface area contributed by atoms with Gasteiger partial charge in [0.2, 0.25) is 0 Å². The molecule has 0 unspecified atom stereocenters. The second-order valence-corrected chi connectivity index (χ2v) is 8.14. The van der Waals surface area contributed by atoms with Crippen LogP contribution in [0, 0.1) is 5.92 Å². The van der Waals surface area contributed by atoms with Crippen molar-refractivity contribution >= 4 is 17.9 Å². The van der Waals surface area contributed by atoms with Gasteiger partial charge in [-0.3, -0.25) is 14.4 Å². The Labute approximate surface area is 187 Å². The highest BCUT2D eigenvalue weighted by molar-refractivity contribution is 5.92. The lowest BCUT2D eigenvalue weighted by molar-refractivity contribution is -0.154. The molecule has 0 aromatic rings. The molecule has 0 aliphatic rings. The van der Waals surface area contributed by atoms with E-state index in [1.165, 1.54) is 57.8 Å². The summed E-state index contributed by atoms with van der Waals surface area (Å²) in [5.74, 6) is -4.60. The highest BCUT2D eigenvalue weighted by Gasteiger charge is 2.24. The maximum Gasteiger partial charge on any atom is 0.320 e. The fourth-order valence-corrected chi connectivity index (χ4v) is 3.17.